The summed E-state index contributed by atoms with van der Waals surface area (Å²) >= 11 is 0. The predicted molar refractivity (Wildman–Crippen MR) is 173 cm³/mol. The molecular formula is C37H41FN4O2. The molecule has 0 spiro atoms. The second-order valence-electron chi connectivity index (χ2n) is 13.1. The highest BCUT2D eigenvalue weighted by Gasteiger charge is 2.50. The number of amides is 2. The number of piperidine rings is 1. The number of aryl methyl sites for hydroxylation is 2. The van der Waals surface area contributed by atoms with Gasteiger partial charge in [0.15, 0.2) is 0 Å². The van der Waals surface area contributed by atoms with Crippen LogP contribution in [-0.4, -0.2) is 33.4 Å². The summed E-state index contributed by atoms with van der Waals surface area (Å²) in [6.07, 6.45) is 10.4. The van der Waals surface area contributed by atoms with Gasteiger partial charge in [-0.05, 0) is 98.5 Å². The fourth-order valence-corrected chi connectivity index (χ4v) is 8.14. The first-order valence-corrected chi connectivity index (χ1v) is 16.2. The Morgan fingerprint density at radius 1 is 0.886 bits per heavy atom. The van der Waals surface area contributed by atoms with Gasteiger partial charge in [0.1, 0.15) is 5.82 Å². The fourth-order valence-electron chi connectivity index (χ4n) is 8.14. The number of halogens is 1. The molecule has 3 fully saturated rings. The molecule has 2 heterocycles. The van der Waals surface area contributed by atoms with Gasteiger partial charge in [-0.3, -0.25) is 9.59 Å². The van der Waals surface area contributed by atoms with Crippen molar-refractivity contribution < 1.29 is 14.0 Å². The molecule has 228 valence electrons. The van der Waals surface area contributed by atoms with E-state index in [9.17, 15) is 9.59 Å². The molecule has 0 bridgehead atoms. The van der Waals surface area contributed by atoms with E-state index in [0.29, 0.717) is 18.0 Å². The lowest BCUT2D eigenvalue weighted by Crippen LogP contribution is -2.54. The van der Waals surface area contributed by atoms with E-state index in [2.05, 4.69) is 39.5 Å². The summed E-state index contributed by atoms with van der Waals surface area (Å²) in [5, 5.41) is 7.91. The van der Waals surface area contributed by atoms with E-state index in [0.717, 1.165) is 47.1 Å². The Morgan fingerprint density at radius 3 is 2.43 bits per heavy atom. The summed E-state index contributed by atoms with van der Waals surface area (Å²) in [4.78, 5) is 30.6. The van der Waals surface area contributed by atoms with Crippen molar-refractivity contribution in [3.8, 4) is 0 Å². The molecule has 1 aliphatic heterocycles. The summed E-state index contributed by atoms with van der Waals surface area (Å²) in [5.74, 6) is -1.23. The summed E-state index contributed by atoms with van der Waals surface area (Å²) in [7, 11) is 2.00. The van der Waals surface area contributed by atoms with Gasteiger partial charge in [-0.15, -0.1) is 0 Å². The number of hydrogen-bond donors (Lipinski definition) is 2. The summed E-state index contributed by atoms with van der Waals surface area (Å²) in [5.41, 5.74) is 4.51. The third-order valence-corrected chi connectivity index (χ3v) is 10.4. The number of likely N-dealkylation sites (tertiary alicyclic amines) is 1. The number of fused-ring (bicyclic) bond motifs is 2. The van der Waals surface area contributed by atoms with E-state index >= 15 is 4.39 Å². The smallest absolute Gasteiger partial charge is 0.257 e. The first-order valence-electron chi connectivity index (χ1n) is 16.2. The van der Waals surface area contributed by atoms with Crippen molar-refractivity contribution in [2.75, 3.05) is 10.6 Å². The van der Waals surface area contributed by atoms with Crippen molar-refractivity contribution in [3.05, 3.63) is 95.4 Å². The minimum Gasteiger partial charge on any atom is -0.382 e. The predicted octanol–water partition coefficient (Wildman–Crippen LogP) is 7.99. The maximum absolute atomic E-state index is 15.3. The molecule has 4 unspecified atom stereocenters. The summed E-state index contributed by atoms with van der Waals surface area (Å²) < 4.78 is 17.4. The van der Waals surface area contributed by atoms with Crippen LogP contribution < -0.4 is 10.6 Å². The number of hydrogen-bond acceptors (Lipinski definition) is 3. The van der Waals surface area contributed by atoms with Crippen LogP contribution in [0.3, 0.4) is 0 Å². The van der Waals surface area contributed by atoms with Crippen LogP contribution in [-0.2, 0) is 11.8 Å². The lowest BCUT2D eigenvalue weighted by molar-refractivity contribution is -0.125. The average Bonchev–Trinajstić information content (AvgIpc) is 3.78. The van der Waals surface area contributed by atoms with E-state index in [-0.39, 0.29) is 29.3 Å². The molecule has 3 aliphatic rings. The molecule has 6 nitrogen and oxygen atoms in total. The monoisotopic (exact) mass is 592 g/mol. The Labute approximate surface area is 258 Å². The highest BCUT2D eigenvalue weighted by Crippen LogP contribution is 2.49. The number of carbonyl (C=O) groups excluding carboxylic acids is 2. The molecule has 3 aromatic carbocycles. The van der Waals surface area contributed by atoms with Gasteiger partial charge in [0.2, 0.25) is 5.91 Å². The summed E-state index contributed by atoms with van der Waals surface area (Å²) in [6, 6.07) is 21.0. The van der Waals surface area contributed by atoms with E-state index in [4.69, 9.17) is 0 Å². The van der Waals surface area contributed by atoms with Gasteiger partial charge in [0.05, 0.1) is 17.5 Å². The first-order chi connectivity index (χ1) is 21.4. The molecule has 7 rings (SSSR count). The first kappa shape index (κ1) is 28.6. The van der Waals surface area contributed by atoms with Crippen LogP contribution >= 0.6 is 0 Å². The quantitative estimate of drug-likeness (QED) is 0.239. The molecule has 2 amide bonds. The highest BCUT2D eigenvalue weighted by molar-refractivity contribution is 5.99. The molecule has 44 heavy (non-hydrogen) atoms. The zero-order valence-corrected chi connectivity index (χ0v) is 25.6. The standard InChI is InChI=1S/C37H41FN4O2/c1-23-7-5-11-31(38)34(23)37(44)42-33-12-6-8-25(33)22-30(36(43)40-29-17-18-32-26(21-29)19-20-41(32)2)35(42)24-13-15-28(16-14-24)39-27-9-3-4-10-27/h5,7,11,13-21,25,27,30,33,35,39H,3-4,6,8-10,12,22H2,1-2H3,(H,40,43). The Kier molecular flexibility index (Phi) is 7.65. The third-order valence-electron chi connectivity index (χ3n) is 10.4. The number of rotatable bonds is 6. The van der Waals surface area contributed by atoms with Crippen LogP contribution in [0.4, 0.5) is 15.8 Å². The lowest BCUT2D eigenvalue weighted by Gasteiger charge is -2.48. The fraction of sp³-hybridized carbons (Fsp3) is 0.405. The van der Waals surface area contributed by atoms with Gasteiger partial charge in [0.25, 0.3) is 5.91 Å². The van der Waals surface area contributed by atoms with E-state index in [1.54, 1.807) is 19.1 Å². The number of aromatic nitrogens is 1. The van der Waals surface area contributed by atoms with Crippen LogP contribution in [0.25, 0.3) is 10.9 Å². The molecule has 2 aliphatic carbocycles. The highest BCUT2D eigenvalue weighted by atomic mass is 19.1. The van der Waals surface area contributed by atoms with Crippen molar-refractivity contribution in [2.24, 2.45) is 18.9 Å². The van der Waals surface area contributed by atoms with Gasteiger partial charge in [-0.2, -0.15) is 0 Å². The second kappa shape index (κ2) is 11.8. The second-order valence-corrected chi connectivity index (χ2v) is 13.1. The topological polar surface area (TPSA) is 66.4 Å². The zero-order chi connectivity index (χ0) is 30.4. The van der Waals surface area contributed by atoms with Crippen molar-refractivity contribution in [3.63, 3.8) is 0 Å². The van der Waals surface area contributed by atoms with Crippen LogP contribution in [0.5, 0.6) is 0 Å². The average molecular weight is 593 g/mol. The van der Waals surface area contributed by atoms with Gasteiger partial charge < -0.3 is 20.1 Å². The molecular weight excluding hydrogens is 551 g/mol. The molecule has 0 radical (unpaired) electrons. The third kappa shape index (κ3) is 5.27. The molecule has 2 N–H and O–H groups in total. The van der Waals surface area contributed by atoms with E-state index in [1.807, 2.05) is 42.4 Å². The normalized spacial score (nSPS) is 23.6. The van der Waals surface area contributed by atoms with Gasteiger partial charge >= 0.3 is 0 Å². The van der Waals surface area contributed by atoms with Crippen LogP contribution in [0.1, 0.15) is 78.9 Å². The SMILES string of the molecule is Cc1cccc(F)c1C(=O)N1C2CCCC2CC(C(=O)Nc2ccc3c(ccn3C)c2)C1c1ccc(NC2CCCC2)cc1. The number of anilines is 2. The number of benzene rings is 3. The van der Waals surface area contributed by atoms with Gasteiger partial charge in [0, 0.05) is 47.6 Å². The van der Waals surface area contributed by atoms with E-state index < -0.39 is 17.8 Å². The van der Waals surface area contributed by atoms with Crippen LogP contribution in [0.15, 0.2) is 72.9 Å². The van der Waals surface area contributed by atoms with E-state index in [1.165, 1.54) is 31.7 Å². The van der Waals surface area contributed by atoms with Gasteiger partial charge in [-0.25, -0.2) is 4.39 Å². The maximum atomic E-state index is 15.3. The Balaban J connectivity index is 1.27. The Morgan fingerprint density at radius 2 is 1.66 bits per heavy atom. The van der Waals surface area contributed by atoms with Gasteiger partial charge in [-0.1, -0.05) is 43.5 Å². The Hall–Kier alpha value is -4.13. The molecule has 4 atom stereocenters. The molecule has 7 heteroatoms. The molecule has 1 saturated heterocycles. The summed E-state index contributed by atoms with van der Waals surface area (Å²) in [6.45, 7) is 1.79. The number of carbonyl (C=O) groups is 2. The maximum Gasteiger partial charge on any atom is 0.257 e. The van der Waals surface area contributed by atoms with Crippen molar-refractivity contribution in [2.45, 2.75) is 76.4 Å². The van der Waals surface area contributed by atoms with Crippen molar-refractivity contribution in [1.29, 1.82) is 0 Å². The largest absolute Gasteiger partial charge is 0.382 e. The van der Waals surface area contributed by atoms with Crippen LogP contribution in [0.2, 0.25) is 0 Å². The lowest BCUT2D eigenvalue weighted by atomic mass is 9.76. The number of nitrogens with zero attached hydrogens (tertiary/aromatic N) is 2. The van der Waals surface area contributed by atoms with Crippen molar-refractivity contribution in [1.82, 2.24) is 9.47 Å². The minimum atomic E-state index is -0.512. The Bertz CT molecular complexity index is 1670. The zero-order valence-electron chi connectivity index (χ0n) is 25.6. The molecule has 1 aromatic heterocycles. The molecule has 4 aromatic rings. The number of nitrogens with one attached hydrogen (secondary N) is 2. The molecule has 2 saturated carbocycles. The minimum absolute atomic E-state index is 0.0347. The van der Waals surface area contributed by atoms with Crippen LogP contribution in [0, 0.1) is 24.6 Å². The van der Waals surface area contributed by atoms with Crippen molar-refractivity contribution >= 4 is 34.1 Å².